The molecule has 3 heterocycles. The first-order valence-corrected chi connectivity index (χ1v) is 12.5. The number of hydrogen-bond acceptors (Lipinski definition) is 5. The maximum Gasteiger partial charge on any atom is 0.263 e. The van der Waals surface area contributed by atoms with Gasteiger partial charge in [0.1, 0.15) is 11.2 Å². The maximum absolute atomic E-state index is 13.1. The van der Waals surface area contributed by atoms with E-state index in [2.05, 4.69) is 25.5 Å². The normalized spacial score (nSPS) is 11.2. The predicted molar refractivity (Wildman–Crippen MR) is 151 cm³/mol. The number of aromatic amines is 1. The van der Waals surface area contributed by atoms with Gasteiger partial charge in [-0.15, -0.1) is 0 Å². The molecule has 0 saturated heterocycles. The third-order valence-corrected chi connectivity index (χ3v) is 6.69. The summed E-state index contributed by atoms with van der Waals surface area (Å²) in [7, 11) is 0. The summed E-state index contributed by atoms with van der Waals surface area (Å²) in [5.41, 5.74) is 6.31. The standard InChI is InChI=1S/C30H25N7O2/c1-18-9-14-24(15-19(18)2)36-27-25(17-31-36)29(39)34-30(33-27)37-26(16-20(3)35-37)32-28(38)23-12-10-22(11-13-23)21-7-5-4-6-8-21/h4-17H,1-3H3,(H,32,38)(H,33,34,39). The Labute approximate surface area is 223 Å². The molecule has 0 aliphatic rings. The fourth-order valence-corrected chi connectivity index (χ4v) is 4.44. The molecule has 0 aliphatic heterocycles. The summed E-state index contributed by atoms with van der Waals surface area (Å²) >= 11 is 0. The van der Waals surface area contributed by atoms with E-state index in [1.54, 1.807) is 29.8 Å². The first-order valence-electron chi connectivity index (χ1n) is 12.5. The van der Waals surface area contributed by atoms with Gasteiger partial charge in [-0.1, -0.05) is 48.5 Å². The van der Waals surface area contributed by atoms with Crippen LogP contribution in [0, 0.1) is 20.8 Å². The third-order valence-electron chi connectivity index (χ3n) is 6.69. The Bertz CT molecular complexity index is 1900. The highest BCUT2D eigenvalue weighted by atomic mass is 16.2. The number of fused-ring (bicyclic) bond motifs is 1. The maximum atomic E-state index is 13.1. The molecule has 3 aromatic heterocycles. The number of H-pyrrole nitrogens is 1. The van der Waals surface area contributed by atoms with Crippen LogP contribution in [0.15, 0.2) is 89.9 Å². The van der Waals surface area contributed by atoms with Crippen LogP contribution < -0.4 is 10.9 Å². The van der Waals surface area contributed by atoms with Gasteiger partial charge >= 0.3 is 0 Å². The van der Waals surface area contributed by atoms with Crippen LogP contribution in [-0.2, 0) is 0 Å². The minimum Gasteiger partial charge on any atom is -0.306 e. The van der Waals surface area contributed by atoms with Gasteiger partial charge in [0.2, 0.25) is 5.95 Å². The number of benzene rings is 3. The van der Waals surface area contributed by atoms with Gasteiger partial charge in [0, 0.05) is 11.6 Å². The molecule has 6 aromatic rings. The van der Waals surface area contributed by atoms with Crippen LogP contribution in [0.3, 0.4) is 0 Å². The lowest BCUT2D eigenvalue weighted by molar-refractivity contribution is 0.102. The molecule has 9 heteroatoms. The van der Waals surface area contributed by atoms with Crippen molar-refractivity contribution in [3.8, 4) is 22.8 Å². The molecule has 2 N–H and O–H groups in total. The average Bonchev–Trinajstić information content (AvgIpc) is 3.54. The lowest BCUT2D eigenvalue weighted by atomic mass is 10.0. The SMILES string of the molecule is Cc1cc(NC(=O)c2ccc(-c3ccccc3)cc2)n(-c2nc3c(cnn3-c3ccc(C)c(C)c3)c(=O)[nH]2)n1. The number of carbonyl (C=O) groups is 1. The van der Waals surface area contributed by atoms with Crippen molar-refractivity contribution in [2.24, 2.45) is 0 Å². The van der Waals surface area contributed by atoms with Crippen molar-refractivity contribution >= 4 is 22.8 Å². The fraction of sp³-hybridized carbons (Fsp3) is 0.100. The highest BCUT2D eigenvalue weighted by Crippen LogP contribution is 2.22. The fourth-order valence-electron chi connectivity index (χ4n) is 4.44. The van der Waals surface area contributed by atoms with Crippen molar-refractivity contribution in [1.82, 2.24) is 29.5 Å². The van der Waals surface area contributed by atoms with Crippen LogP contribution in [-0.4, -0.2) is 35.4 Å². The smallest absolute Gasteiger partial charge is 0.263 e. The molecule has 0 radical (unpaired) electrons. The van der Waals surface area contributed by atoms with Gasteiger partial charge in [-0.25, -0.2) is 4.68 Å². The summed E-state index contributed by atoms with van der Waals surface area (Å²) in [6, 6.07) is 25.0. The highest BCUT2D eigenvalue weighted by molar-refractivity contribution is 6.04. The van der Waals surface area contributed by atoms with Crippen LogP contribution in [0.4, 0.5) is 5.82 Å². The molecule has 39 heavy (non-hydrogen) atoms. The van der Waals surface area contributed by atoms with Crippen molar-refractivity contribution in [3.63, 3.8) is 0 Å². The molecule has 9 nitrogen and oxygen atoms in total. The molecule has 0 unspecified atom stereocenters. The lowest BCUT2D eigenvalue weighted by Gasteiger charge is -2.10. The lowest BCUT2D eigenvalue weighted by Crippen LogP contribution is -2.19. The summed E-state index contributed by atoms with van der Waals surface area (Å²) in [6.45, 7) is 5.86. The monoisotopic (exact) mass is 515 g/mol. The first kappa shape index (κ1) is 24.1. The van der Waals surface area contributed by atoms with Crippen molar-refractivity contribution < 1.29 is 4.79 Å². The Morgan fingerprint density at radius 1 is 0.846 bits per heavy atom. The zero-order valence-electron chi connectivity index (χ0n) is 21.6. The largest absolute Gasteiger partial charge is 0.306 e. The number of nitrogens with zero attached hydrogens (tertiary/aromatic N) is 5. The summed E-state index contributed by atoms with van der Waals surface area (Å²) in [6.07, 6.45) is 1.50. The zero-order valence-corrected chi connectivity index (χ0v) is 21.6. The molecule has 3 aromatic carbocycles. The van der Waals surface area contributed by atoms with Gasteiger partial charge in [0.05, 0.1) is 17.6 Å². The van der Waals surface area contributed by atoms with Crippen LogP contribution in [0.5, 0.6) is 0 Å². The summed E-state index contributed by atoms with van der Waals surface area (Å²) in [4.78, 5) is 33.6. The number of amides is 1. The number of aryl methyl sites for hydroxylation is 3. The Morgan fingerprint density at radius 2 is 1.59 bits per heavy atom. The van der Waals surface area contributed by atoms with E-state index in [9.17, 15) is 9.59 Å². The van der Waals surface area contributed by atoms with E-state index in [0.29, 0.717) is 28.1 Å². The zero-order chi connectivity index (χ0) is 27.1. The van der Waals surface area contributed by atoms with Gasteiger partial charge in [0.25, 0.3) is 11.5 Å². The molecule has 0 atom stereocenters. The number of anilines is 1. The van der Waals surface area contributed by atoms with Crippen LogP contribution >= 0.6 is 0 Å². The van der Waals surface area contributed by atoms with Gasteiger partial charge in [0.15, 0.2) is 5.65 Å². The Hall–Kier alpha value is -5.31. The van der Waals surface area contributed by atoms with Crippen molar-refractivity contribution in [1.29, 1.82) is 0 Å². The highest BCUT2D eigenvalue weighted by Gasteiger charge is 2.18. The molecule has 6 rings (SSSR count). The van der Waals surface area contributed by atoms with Gasteiger partial charge in [-0.3, -0.25) is 14.6 Å². The van der Waals surface area contributed by atoms with Crippen molar-refractivity contribution in [3.05, 3.63) is 118 Å². The number of hydrogen-bond donors (Lipinski definition) is 2. The molecule has 0 bridgehead atoms. The molecule has 0 spiro atoms. The van der Waals surface area contributed by atoms with E-state index in [-0.39, 0.29) is 17.4 Å². The number of rotatable bonds is 5. The molecular formula is C30H25N7O2. The van der Waals surface area contributed by atoms with Gasteiger partial charge in [-0.2, -0.15) is 19.9 Å². The molecule has 0 fully saturated rings. The second kappa shape index (κ2) is 9.53. The number of carbonyl (C=O) groups excluding carboxylic acids is 1. The first-order chi connectivity index (χ1) is 18.9. The molecule has 192 valence electrons. The predicted octanol–water partition coefficient (Wildman–Crippen LogP) is 5.14. The summed E-state index contributed by atoms with van der Waals surface area (Å²) < 4.78 is 3.05. The van der Waals surface area contributed by atoms with E-state index in [1.165, 1.54) is 10.9 Å². The Kier molecular flexibility index (Phi) is 5.88. The summed E-state index contributed by atoms with van der Waals surface area (Å²) in [5.74, 6) is 0.240. The second-order valence-electron chi connectivity index (χ2n) is 9.43. The van der Waals surface area contributed by atoms with Gasteiger partial charge < -0.3 is 5.32 Å². The van der Waals surface area contributed by atoms with Gasteiger partial charge in [-0.05, 0) is 67.3 Å². The van der Waals surface area contributed by atoms with Crippen molar-refractivity contribution in [2.75, 3.05) is 5.32 Å². The molecule has 0 saturated carbocycles. The Morgan fingerprint density at radius 3 is 2.33 bits per heavy atom. The number of aromatic nitrogens is 6. The van der Waals surface area contributed by atoms with E-state index < -0.39 is 0 Å². The topological polar surface area (TPSA) is 110 Å². The van der Waals surface area contributed by atoms with Crippen LogP contribution in [0.2, 0.25) is 0 Å². The Balaban J connectivity index is 1.34. The average molecular weight is 516 g/mol. The minimum atomic E-state index is -0.355. The molecular weight excluding hydrogens is 490 g/mol. The van der Waals surface area contributed by atoms with E-state index in [0.717, 1.165) is 27.9 Å². The van der Waals surface area contributed by atoms with E-state index in [4.69, 9.17) is 0 Å². The molecule has 0 aliphatic carbocycles. The second-order valence-corrected chi connectivity index (χ2v) is 9.43. The van der Waals surface area contributed by atoms with Crippen LogP contribution in [0.25, 0.3) is 33.8 Å². The minimum absolute atomic E-state index is 0.168. The van der Waals surface area contributed by atoms with Crippen molar-refractivity contribution in [2.45, 2.75) is 20.8 Å². The third kappa shape index (κ3) is 4.50. The van der Waals surface area contributed by atoms with Crippen LogP contribution in [0.1, 0.15) is 27.2 Å². The quantitative estimate of drug-likeness (QED) is 0.330. The molecule has 1 amide bonds. The van der Waals surface area contributed by atoms with E-state index >= 15 is 0 Å². The van der Waals surface area contributed by atoms with E-state index in [1.807, 2.05) is 74.5 Å². The number of nitrogens with one attached hydrogen (secondary N) is 2. The summed E-state index contributed by atoms with van der Waals surface area (Å²) in [5, 5.41) is 12.1.